The number of nitrogens with zero attached hydrogens (tertiary/aromatic N) is 3. The van der Waals surface area contributed by atoms with Crippen molar-refractivity contribution in [2.24, 2.45) is 11.7 Å². The molecule has 2 aliphatic heterocycles. The van der Waals surface area contributed by atoms with E-state index in [4.69, 9.17) is 5.73 Å². The minimum atomic E-state index is -0.257. The molecule has 2 saturated heterocycles. The first-order chi connectivity index (χ1) is 9.15. The predicted molar refractivity (Wildman–Crippen MR) is 68.2 cm³/mol. The molecule has 0 aromatic carbocycles. The Morgan fingerprint density at radius 1 is 1.47 bits per heavy atom. The molecule has 0 bridgehead atoms. The van der Waals surface area contributed by atoms with Gasteiger partial charge in [0.05, 0.1) is 17.8 Å². The quantitative estimate of drug-likeness (QED) is 0.739. The number of aromatic nitrogens is 2. The molecule has 0 spiro atoms. The minimum Gasteiger partial charge on any atom is -0.341 e. The second-order valence-corrected chi connectivity index (χ2v) is 5.19. The smallest absolute Gasteiger partial charge is 0.228 e. The van der Waals surface area contributed by atoms with Gasteiger partial charge in [-0.3, -0.25) is 14.7 Å². The van der Waals surface area contributed by atoms with Crippen LogP contribution in [0.1, 0.15) is 12.8 Å². The highest BCUT2D eigenvalue weighted by Gasteiger charge is 2.38. The summed E-state index contributed by atoms with van der Waals surface area (Å²) in [6.07, 6.45) is 4.38. The minimum absolute atomic E-state index is 0.0248. The normalized spacial score (nSPS) is 27.3. The molecule has 7 heteroatoms. The van der Waals surface area contributed by atoms with Gasteiger partial charge >= 0.3 is 0 Å². The highest BCUT2D eigenvalue weighted by Crippen LogP contribution is 2.26. The van der Waals surface area contributed by atoms with Crippen LogP contribution in [0.3, 0.4) is 0 Å². The largest absolute Gasteiger partial charge is 0.341 e. The number of hydrogen-bond donors (Lipinski definition) is 2. The molecule has 1 aromatic heterocycles. The fourth-order valence-electron chi connectivity index (χ4n) is 2.76. The maximum absolute atomic E-state index is 12.3. The van der Waals surface area contributed by atoms with Gasteiger partial charge in [-0.15, -0.1) is 0 Å². The molecule has 0 saturated carbocycles. The summed E-state index contributed by atoms with van der Waals surface area (Å²) in [5.41, 5.74) is 6.53. The lowest BCUT2D eigenvalue weighted by molar-refractivity contribution is -0.134. The Morgan fingerprint density at radius 2 is 2.32 bits per heavy atom. The van der Waals surface area contributed by atoms with Gasteiger partial charge < -0.3 is 15.5 Å². The van der Waals surface area contributed by atoms with Gasteiger partial charge in [-0.05, 0) is 6.42 Å². The van der Waals surface area contributed by atoms with Crippen molar-refractivity contribution in [3.63, 3.8) is 0 Å². The van der Waals surface area contributed by atoms with Gasteiger partial charge in [0.2, 0.25) is 11.8 Å². The predicted octanol–water partition coefficient (Wildman–Crippen LogP) is -0.678. The summed E-state index contributed by atoms with van der Waals surface area (Å²) in [5, 5.41) is 6.50. The zero-order chi connectivity index (χ0) is 13.4. The number of likely N-dealkylation sites (tertiary alicyclic amines) is 1. The maximum atomic E-state index is 12.3. The van der Waals surface area contributed by atoms with Gasteiger partial charge in [0.1, 0.15) is 0 Å². The van der Waals surface area contributed by atoms with Gasteiger partial charge in [-0.25, -0.2) is 0 Å². The molecule has 3 rings (SSSR count). The third kappa shape index (κ3) is 2.21. The number of anilines is 1. The summed E-state index contributed by atoms with van der Waals surface area (Å²) in [6.45, 7) is 1.74. The number of carbonyl (C=O) groups excluding carboxylic acids is 2. The zero-order valence-electron chi connectivity index (χ0n) is 10.6. The molecule has 1 aromatic rings. The summed E-state index contributed by atoms with van der Waals surface area (Å²) >= 11 is 0. The number of rotatable bonds is 2. The molecule has 3 heterocycles. The van der Waals surface area contributed by atoms with E-state index >= 15 is 0 Å². The highest BCUT2D eigenvalue weighted by molar-refractivity contribution is 6.00. The van der Waals surface area contributed by atoms with Crippen molar-refractivity contribution in [1.29, 1.82) is 0 Å². The van der Waals surface area contributed by atoms with E-state index in [9.17, 15) is 9.59 Å². The lowest BCUT2D eigenvalue weighted by atomic mass is 10.1. The van der Waals surface area contributed by atoms with Crippen LogP contribution in [-0.4, -0.2) is 52.6 Å². The third-order valence-electron chi connectivity index (χ3n) is 3.81. The first-order valence-corrected chi connectivity index (χ1v) is 6.48. The first kappa shape index (κ1) is 12.2. The molecule has 2 atom stereocenters. The van der Waals surface area contributed by atoms with Gasteiger partial charge in [0.25, 0.3) is 0 Å². The maximum Gasteiger partial charge on any atom is 0.228 e. The summed E-state index contributed by atoms with van der Waals surface area (Å²) in [6, 6.07) is 0.0750. The topological polar surface area (TPSA) is 95.3 Å². The molecule has 102 valence electrons. The number of hydrogen-bond acceptors (Lipinski definition) is 4. The fourth-order valence-corrected chi connectivity index (χ4v) is 2.76. The first-order valence-electron chi connectivity index (χ1n) is 6.48. The number of H-pyrrole nitrogens is 1. The fraction of sp³-hybridized carbons (Fsp3) is 0.583. The van der Waals surface area contributed by atoms with Crippen LogP contribution in [0.25, 0.3) is 0 Å². The lowest BCUT2D eigenvalue weighted by Crippen LogP contribution is -2.37. The molecule has 2 amide bonds. The van der Waals surface area contributed by atoms with Crippen LogP contribution in [0.5, 0.6) is 0 Å². The third-order valence-corrected chi connectivity index (χ3v) is 3.81. The van der Waals surface area contributed by atoms with Gasteiger partial charge in [0, 0.05) is 38.3 Å². The van der Waals surface area contributed by atoms with Crippen molar-refractivity contribution in [3.05, 3.63) is 12.4 Å². The Kier molecular flexibility index (Phi) is 2.98. The van der Waals surface area contributed by atoms with Crippen molar-refractivity contribution in [2.45, 2.75) is 18.9 Å². The van der Waals surface area contributed by atoms with Crippen LogP contribution < -0.4 is 10.6 Å². The number of amides is 2. The summed E-state index contributed by atoms with van der Waals surface area (Å²) in [7, 11) is 0. The van der Waals surface area contributed by atoms with Crippen molar-refractivity contribution >= 4 is 17.5 Å². The van der Waals surface area contributed by atoms with E-state index in [0.717, 1.165) is 12.1 Å². The van der Waals surface area contributed by atoms with Crippen molar-refractivity contribution in [1.82, 2.24) is 15.1 Å². The van der Waals surface area contributed by atoms with Crippen LogP contribution >= 0.6 is 0 Å². The highest BCUT2D eigenvalue weighted by atomic mass is 16.2. The average Bonchev–Trinajstić information content (AvgIpc) is 3.07. The molecule has 0 aliphatic carbocycles. The molecule has 3 N–H and O–H groups in total. The Bertz CT molecular complexity index is 486. The molecular weight excluding hydrogens is 246 g/mol. The van der Waals surface area contributed by atoms with Crippen molar-refractivity contribution in [3.8, 4) is 0 Å². The Labute approximate surface area is 110 Å². The van der Waals surface area contributed by atoms with E-state index in [-0.39, 0.29) is 30.2 Å². The molecular formula is C12H17N5O2. The molecule has 7 nitrogen and oxygen atoms in total. The Balaban J connectivity index is 1.68. The summed E-state index contributed by atoms with van der Waals surface area (Å²) in [5.74, 6) is -0.233. The van der Waals surface area contributed by atoms with Crippen LogP contribution in [0.15, 0.2) is 12.4 Å². The van der Waals surface area contributed by atoms with Crippen molar-refractivity contribution < 1.29 is 9.59 Å². The lowest BCUT2D eigenvalue weighted by Gasteiger charge is -2.20. The van der Waals surface area contributed by atoms with E-state index in [1.165, 1.54) is 0 Å². The Morgan fingerprint density at radius 3 is 2.95 bits per heavy atom. The standard InChI is InChI=1S/C12H17N5O2/c13-9-1-2-16(7-9)12(19)8-3-11(18)17(6-8)10-4-14-15-5-10/h4-5,8-9H,1-3,6-7,13H2,(H,14,15)/t8-,9-/m1/s1. The molecule has 0 unspecified atom stereocenters. The van der Waals surface area contributed by atoms with E-state index in [1.807, 2.05) is 0 Å². The molecule has 2 aliphatic rings. The van der Waals surface area contributed by atoms with Gasteiger partial charge in [-0.2, -0.15) is 5.10 Å². The van der Waals surface area contributed by atoms with Crippen molar-refractivity contribution in [2.75, 3.05) is 24.5 Å². The van der Waals surface area contributed by atoms with Crippen LogP contribution in [-0.2, 0) is 9.59 Å². The molecule has 2 fully saturated rings. The van der Waals surface area contributed by atoms with E-state index in [2.05, 4.69) is 10.2 Å². The second-order valence-electron chi connectivity index (χ2n) is 5.19. The number of nitrogens with one attached hydrogen (secondary N) is 1. The number of carbonyl (C=O) groups is 2. The van der Waals surface area contributed by atoms with E-state index < -0.39 is 0 Å². The van der Waals surface area contributed by atoms with E-state index in [0.29, 0.717) is 19.6 Å². The monoisotopic (exact) mass is 263 g/mol. The number of aromatic amines is 1. The Hall–Kier alpha value is -1.89. The van der Waals surface area contributed by atoms with Gasteiger partial charge in [0.15, 0.2) is 0 Å². The second kappa shape index (κ2) is 4.65. The SMILES string of the molecule is N[C@@H]1CCN(C(=O)[C@@H]2CC(=O)N(c3cn[nH]c3)C2)C1. The summed E-state index contributed by atoms with van der Waals surface area (Å²) in [4.78, 5) is 27.7. The number of nitrogens with two attached hydrogens (primary N) is 1. The van der Waals surface area contributed by atoms with Crippen LogP contribution in [0.4, 0.5) is 5.69 Å². The zero-order valence-corrected chi connectivity index (χ0v) is 10.6. The molecule has 0 radical (unpaired) electrons. The van der Waals surface area contributed by atoms with Gasteiger partial charge in [-0.1, -0.05) is 0 Å². The molecule has 19 heavy (non-hydrogen) atoms. The average molecular weight is 263 g/mol. The van der Waals surface area contributed by atoms with Crippen LogP contribution in [0.2, 0.25) is 0 Å². The van der Waals surface area contributed by atoms with E-state index in [1.54, 1.807) is 22.2 Å². The summed E-state index contributed by atoms with van der Waals surface area (Å²) < 4.78 is 0. The van der Waals surface area contributed by atoms with Crippen LogP contribution in [0, 0.1) is 5.92 Å².